The van der Waals surface area contributed by atoms with Gasteiger partial charge in [0.05, 0.1) is 6.61 Å². The first kappa shape index (κ1) is 14.9. The molecule has 1 saturated carbocycles. The molecule has 0 radical (unpaired) electrons. The first-order chi connectivity index (χ1) is 8.72. The van der Waals surface area contributed by atoms with Crippen LogP contribution < -0.4 is 16.0 Å². The number of nitrogens with one attached hydrogen (secondary N) is 3. The first-order valence-electron chi connectivity index (χ1n) is 6.48. The zero-order valence-corrected chi connectivity index (χ0v) is 11.0. The van der Waals surface area contributed by atoms with Gasteiger partial charge in [0.2, 0.25) is 11.8 Å². The second-order valence-electron chi connectivity index (χ2n) is 4.43. The summed E-state index contributed by atoms with van der Waals surface area (Å²) in [4.78, 5) is 22.6. The summed E-state index contributed by atoms with van der Waals surface area (Å²) in [6.45, 7) is 2.28. The van der Waals surface area contributed by atoms with E-state index >= 15 is 0 Å². The Labute approximate surface area is 108 Å². The molecule has 0 aromatic heterocycles. The summed E-state index contributed by atoms with van der Waals surface area (Å²) in [5, 5.41) is 8.73. The number of carbonyl (C=O) groups excluding carboxylic acids is 2. The molecule has 0 spiro atoms. The van der Waals surface area contributed by atoms with Crippen molar-refractivity contribution in [1.82, 2.24) is 16.0 Å². The number of hydrogen-bond donors (Lipinski definition) is 3. The van der Waals surface area contributed by atoms with Gasteiger partial charge in [0.25, 0.3) is 0 Å². The van der Waals surface area contributed by atoms with E-state index in [1.54, 1.807) is 7.11 Å². The lowest BCUT2D eigenvalue weighted by atomic mass is 10.3. The number of hydrogen-bond acceptors (Lipinski definition) is 4. The van der Waals surface area contributed by atoms with Gasteiger partial charge in [-0.2, -0.15) is 0 Å². The van der Waals surface area contributed by atoms with E-state index in [4.69, 9.17) is 4.74 Å². The van der Waals surface area contributed by atoms with Gasteiger partial charge in [-0.1, -0.05) is 0 Å². The number of amides is 2. The molecule has 0 heterocycles. The maximum Gasteiger partial charge on any atom is 0.221 e. The lowest BCUT2D eigenvalue weighted by Crippen LogP contribution is -2.32. The third kappa shape index (κ3) is 8.03. The lowest BCUT2D eigenvalue weighted by molar-refractivity contribution is -0.121. The highest BCUT2D eigenvalue weighted by atomic mass is 16.5. The monoisotopic (exact) mass is 257 g/mol. The molecule has 6 nitrogen and oxygen atoms in total. The third-order valence-electron chi connectivity index (χ3n) is 2.63. The molecule has 18 heavy (non-hydrogen) atoms. The molecule has 1 aliphatic carbocycles. The van der Waals surface area contributed by atoms with Crippen LogP contribution in [0.2, 0.25) is 0 Å². The molecule has 0 atom stereocenters. The highest BCUT2D eigenvalue weighted by molar-refractivity contribution is 5.77. The van der Waals surface area contributed by atoms with Crippen molar-refractivity contribution in [3.05, 3.63) is 0 Å². The summed E-state index contributed by atoms with van der Waals surface area (Å²) in [7, 11) is 1.60. The van der Waals surface area contributed by atoms with E-state index in [2.05, 4.69) is 16.0 Å². The molecular weight excluding hydrogens is 234 g/mol. The Hall–Kier alpha value is -1.14. The fraction of sp³-hybridized carbons (Fsp3) is 0.833. The summed E-state index contributed by atoms with van der Waals surface area (Å²) in [6, 6.07) is 0.420. The van der Waals surface area contributed by atoms with E-state index in [9.17, 15) is 9.59 Å². The van der Waals surface area contributed by atoms with Gasteiger partial charge in [-0.3, -0.25) is 9.59 Å². The Bertz CT molecular complexity index is 267. The zero-order chi connectivity index (χ0) is 13.2. The molecule has 0 aromatic rings. The minimum atomic E-state index is 0.00184. The van der Waals surface area contributed by atoms with Crippen molar-refractivity contribution < 1.29 is 14.3 Å². The van der Waals surface area contributed by atoms with Gasteiger partial charge in [0, 0.05) is 45.6 Å². The Morgan fingerprint density at radius 1 is 1.11 bits per heavy atom. The van der Waals surface area contributed by atoms with Crippen molar-refractivity contribution >= 4 is 11.8 Å². The van der Waals surface area contributed by atoms with Crippen LogP contribution in [0.5, 0.6) is 0 Å². The van der Waals surface area contributed by atoms with Crippen molar-refractivity contribution in [3.63, 3.8) is 0 Å². The van der Waals surface area contributed by atoms with E-state index in [1.165, 1.54) is 0 Å². The van der Waals surface area contributed by atoms with Crippen LogP contribution in [0.15, 0.2) is 0 Å². The summed E-state index contributed by atoms with van der Waals surface area (Å²) in [5.41, 5.74) is 0. The molecule has 0 aliphatic heterocycles. The second kappa shape index (κ2) is 8.88. The number of rotatable bonds is 10. The molecule has 104 valence electrons. The van der Waals surface area contributed by atoms with E-state index in [-0.39, 0.29) is 11.8 Å². The number of ether oxygens (including phenoxy) is 1. The fourth-order valence-corrected chi connectivity index (χ4v) is 1.44. The summed E-state index contributed by atoms with van der Waals surface area (Å²) < 4.78 is 4.82. The molecule has 6 heteroatoms. The smallest absolute Gasteiger partial charge is 0.221 e. The molecule has 1 aliphatic rings. The Morgan fingerprint density at radius 3 is 2.39 bits per heavy atom. The predicted octanol–water partition coefficient (Wildman–Crippen LogP) is -0.603. The summed E-state index contributed by atoms with van der Waals surface area (Å²) >= 11 is 0. The Morgan fingerprint density at radius 2 is 1.78 bits per heavy atom. The SMILES string of the molecule is COCCNC(=O)CCNCCC(=O)NC1CC1. The van der Waals surface area contributed by atoms with Crippen LogP contribution in [0, 0.1) is 0 Å². The van der Waals surface area contributed by atoms with E-state index in [1.807, 2.05) is 0 Å². The Balaban J connectivity index is 1.84. The van der Waals surface area contributed by atoms with Crippen LogP contribution in [-0.4, -0.2) is 51.2 Å². The molecule has 1 rings (SSSR count). The molecule has 0 aromatic carbocycles. The summed E-state index contributed by atoms with van der Waals surface area (Å²) in [6.07, 6.45) is 3.12. The van der Waals surface area contributed by atoms with Gasteiger partial charge < -0.3 is 20.7 Å². The largest absolute Gasteiger partial charge is 0.383 e. The van der Waals surface area contributed by atoms with Crippen molar-refractivity contribution in [3.8, 4) is 0 Å². The fourth-order valence-electron chi connectivity index (χ4n) is 1.44. The molecule has 3 N–H and O–H groups in total. The first-order valence-corrected chi connectivity index (χ1v) is 6.48. The minimum absolute atomic E-state index is 0.00184. The zero-order valence-electron chi connectivity index (χ0n) is 11.0. The van der Waals surface area contributed by atoms with E-state index in [0.29, 0.717) is 45.1 Å². The van der Waals surface area contributed by atoms with Gasteiger partial charge in [0.1, 0.15) is 0 Å². The minimum Gasteiger partial charge on any atom is -0.383 e. The molecule has 0 unspecified atom stereocenters. The number of methoxy groups -OCH3 is 1. The van der Waals surface area contributed by atoms with Crippen molar-refractivity contribution in [2.24, 2.45) is 0 Å². The number of carbonyl (C=O) groups is 2. The molecule has 0 saturated heterocycles. The van der Waals surface area contributed by atoms with Gasteiger partial charge in [-0.25, -0.2) is 0 Å². The average Bonchev–Trinajstić information content (AvgIpc) is 3.13. The summed E-state index contributed by atoms with van der Waals surface area (Å²) in [5.74, 6) is 0.0940. The van der Waals surface area contributed by atoms with Crippen LogP contribution in [0.1, 0.15) is 25.7 Å². The standard InChI is InChI=1S/C12H23N3O3/c1-18-9-8-14-11(16)4-6-13-7-5-12(17)15-10-2-3-10/h10,13H,2-9H2,1H3,(H,14,16)(H,15,17). The highest BCUT2D eigenvalue weighted by Gasteiger charge is 2.22. The third-order valence-corrected chi connectivity index (χ3v) is 2.63. The molecule has 1 fully saturated rings. The molecular formula is C12H23N3O3. The van der Waals surface area contributed by atoms with Gasteiger partial charge in [-0.15, -0.1) is 0 Å². The van der Waals surface area contributed by atoms with Crippen LogP contribution in [0.25, 0.3) is 0 Å². The van der Waals surface area contributed by atoms with Crippen LogP contribution >= 0.6 is 0 Å². The maximum atomic E-state index is 11.3. The van der Waals surface area contributed by atoms with E-state index in [0.717, 1.165) is 12.8 Å². The maximum absolute atomic E-state index is 11.3. The second-order valence-corrected chi connectivity index (χ2v) is 4.43. The van der Waals surface area contributed by atoms with Crippen molar-refractivity contribution in [2.45, 2.75) is 31.7 Å². The topological polar surface area (TPSA) is 79.5 Å². The van der Waals surface area contributed by atoms with Crippen molar-refractivity contribution in [2.75, 3.05) is 33.4 Å². The van der Waals surface area contributed by atoms with Crippen LogP contribution in [-0.2, 0) is 14.3 Å². The van der Waals surface area contributed by atoms with Crippen molar-refractivity contribution in [1.29, 1.82) is 0 Å². The van der Waals surface area contributed by atoms with Crippen LogP contribution in [0.4, 0.5) is 0 Å². The van der Waals surface area contributed by atoms with Gasteiger partial charge in [0.15, 0.2) is 0 Å². The lowest BCUT2D eigenvalue weighted by Gasteiger charge is -2.06. The quantitative estimate of drug-likeness (QED) is 0.457. The van der Waals surface area contributed by atoms with Gasteiger partial charge in [-0.05, 0) is 12.8 Å². The normalized spacial score (nSPS) is 14.3. The highest BCUT2D eigenvalue weighted by Crippen LogP contribution is 2.18. The average molecular weight is 257 g/mol. The Kier molecular flexibility index (Phi) is 7.36. The van der Waals surface area contributed by atoms with E-state index < -0.39 is 0 Å². The predicted molar refractivity (Wildman–Crippen MR) is 68.2 cm³/mol. The molecule has 0 bridgehead atoms. The van der Waals surface area contributed by atoms with Gasteiger partial charge >= 0.3 is 0 Å². The molecule has 2 amide bonds. The van der Waals surface area contributed by atoms with Crippen LogP contribution in [0.3, 0.4) is 0 Å².